The summed E-state index contributed by atoms with van der Waals surface area (Å²) >= 11 is 5.91. The zero-order chi connectivity index (χ0) is 21.0. The molecule has 7 nitrogen and oxygen atoms in total. The highest BCUT2D eigenvalue weighted by molar-refractivity contribution is 7.95. The molecule has 0 unspecified atom stereocenters. The molecule has 1 aromatic heterocycles. The maximum Gasteiger partial charge on any atom is 0.341 e. The van der Waals surface area contributed by atoms with Crippen LogP contribution in [0.3, 0.4) is 0 Å². The minimum absolute atomic E-state index is 0.0125. The van der Waals surface area contributed by atoms with Crippen molar-refractivity contribution in [2.45, 2.75) is 4.90 Å². The molecule has 0 amide bonds. The lowest BCUT2D eigenvalue weighted by molar-refractivity contribution is 0.0600. The number of esters is 1. The first-order valence-electron chi connectivity index (χ1n) is 8.22. The first kappa shape index (κ1) is 20.3. The van der Waals surface area contributed by atoms with Crippen molar-refractivity contribution in [1.82, 2.24) is 9.78 Å². The average molecular weight is 428 g/mol. The third-order valence-corrected chi connectivity index (χ3v) is 5.94. The summed E-state index contributed by atoms with van der Waals surface area (Å²) in [6.07, 6.45) is 2.35. The van der Waals surface area contributed by atoms with Crippen LogP contribution in [0.1, 0.15) is 16.1 Å². The average Bonchev–Trinajstić information content (AvgIpc) is 3.16. The molecule has 0 aliphatic carbocycles. The number of hydrogen-bond acceptors (Lipinski definition) is 6. The van der Waals surface area contributed by atoms with E-state index in [0.717, 1.165) is 6.08 Å². The van der Waals surface area contributed by atoms with Gasteiger partial charge in [0, 0.05) is 5.02 Å². The Kier molecular flexibility index (Phi) is 5.82. The van der Waals surface area contributed by atoms with Gasteiger partial charge in [0.25, 0.3) is 0 Å². The zero-order valence-corrected chi connectivity index (χ0v) is 16.7. The third kappa shape index (κ3) is 4.06. The van der Waals surface area contributed by atoms with Gasteiger partial charge in [-0.1, -0.05) is 29.8 Å². The van der Waals surface area contributed by atoms with Gasteiger partial charge in [-0.3, -0.25) is 0 Å². The van der Waals surface area contributed by atoms with Crippen molar-refractivity contribution in [3.05, 3.63) is 82.0 Å². The molecule has 146 valence electrons. The summed E-state index contributed by atoms with van der Waals surface area (Å²) in [6, 6.07) is 15.8. The molecule has 0 spiro atoms. The Hall–Kier alpha value is -3.41. The maximum absolute atomic E-state index is 12.9. The number of nitriles is 1. The molecule has 0 saturated heterocycles. The van der Waals surface area contributed by atoms with Gasteiger partial charge in [-0.05, 0) is 42.5 Å². The van der Waals surface area contributed by atoms with Gasteiger partial charge in [-0.15, -0.1) is 0 Å². The number of allylic oxidation sites excluding steroid dienone is 1. The fourth-order valence-corrected chi connectivity index (χ4v) is 3.86. The fourth-order valence-electron chi connectivity index (χ4n) is 2.57. The molecule has 0 saturated carbocycles. The minimum atomic E-state index is -4.10. The van der Waals surface area contributed by atoms with Gasteiger partial charge >= 0.3 is 5.97 Å². The van der Waals surface area contributed by atoms with E-state index in [9.17, 15) is 18.5 Å². The third-order valence-electron chi connectivity index (χ3n) is 4.00. The topological polar surface area (TPSA) is 102 Å². The summed E-state index contributed by atoms with van der Waals surface area (Å²) < 4.78 is 31.8. The van der Waals surface area contributed by atoms with Crippen molar-refractivity contribution in [3.8, 4) is 11.8 Å². The lowest BCUT2D eigenvalue weighted by Crippen LogP contribution is -2.08. The van der Waals surface area contributed by atoms with Crippen LogP contribution in [0.4, 0.5) is 0 Å². The number of halogens is 1. The van der Waals surface area contributed by atoms with Crippen molar-refractivity contribution >= 4 is 33.5 Å². The molecule has 0 aliphatic heterocycles. The van der Waals surface area contributed by atoms with Crippen LogP contribution in [0, 0.1) is 11.3 Å². The van der Waals surface area contributed by atoms with Crippen LogP contribution in [0.5, 0.6) is 0 Å². The molecule has 0 aliphatic rings. The largest absolute Gasteiger partial charge is 0.465 e. The van der Waals surface area contributed by atoms with E-state index in [1.165, 1.54) is 30.1 Å². The molecule has 0 fully saturated rings. The number of carbonyl (C=O) groups excluding carboxylic acids is 1. The highest BCUT2D eigenvalue weighted by Crippen LogP contribution is 2.25. The standard InChI is InChI=1S/C20H14ClN3O4S/c1-28-20(25)18-13-23-24(15-9-7-14(21)8-10-15)19(18)11-17(12-22)29(26,27)16-5-3-2-4-6-16/h2-11,13H,1H3. The predicted octanol–water partition coefficient (Wildman–Crippen LogP) is 3.65. The molecule has 1 heterocycles. The first-order valence-corrected chi connectivity index (χ1v) is 10.1. The summed E-state index contributed by atoms with van der Waals surface area (Å²) in [6.45, 7) is 0. The van der Waals surface area contributed by atoms with Crippen LogP contribution < -0.4 is 0 Å². The second-order valence-electron chi connectivity index (χ2n) is 5.76. The second-order valence-corrected chi connectivity index (χ2v) is 8.11. The molecule has 0 bridgehead atoms. The van der Waals surface area contributed by atoms with E-state index >= 15 is 0 Å². The molecule has 0 radical (unpaired) electrons. The Morgan fingerprint density at radius 1 is 1.17 bits per heavy atom. The fraction of sp³-hybridized carbons (Fsp3) is 0.0500. The number of hydrogen-bond donors (Lipinski definition) is 0. The molecule has 29 heavy (non-hydrogen) atoms. The van der Waals surface area contributed by atoms with Gasteiger partial charge in [0.1, 0.15) is 11.6 Å². The Morgan fingerprint density at radius 3 is 2.41 bits per heavy atom. The molecular formula is C20H14ClN3O4S. The minimum Gasteiger partial charge on any atom is -0.465 e. The number of ether oxygens (including phenoxy) is 1. The van der Waals surface area contributed by atoms with E-state index in [2.05, 4.69) is 5.10 Å². The molecule has 2 aromatic carbocycles. The van der Waals surface area contributed by atoms with Crippen LogP contribution in [-0.2, 0) is 14.6 Å². The summed E-state index contributed by atoms with van der Waals surface area (Å²) in [7, 11) is -2.90. The van der Waals surface area contributed by atoms with Gasteiger partial charge in [0.15, 0.2) is 4.91 Å². The SMILES string of the molecule is COC(=O)c1cnn(-c2ccc(Cl)cc2)c1C=C(C#N)S(=O)(=O)c1ccccc1. The molecule has 9 heteroatoms. The van der Waals surface area contributed by atoms with Crippen LogP contribution in [0.25, 0.3) is 11.8 Å². The van der Waals surface area contributed by atoms with E-state index in [-0.39, 0.29) is 16.2 Å². The molecule has 0 atom stereocenters. The Bertz CT molecular complexity index is 1220. The highest BCUT2D eigenvalue weighted by Gasteiger charge is 2.24. The lowest BCUT2D eigenvalue weighted by Gasteiger charge is -2.08. The van der Waals surface area contributed by atoms with Crippen LogP contribution in [0.15, 0.2) is 70.6 Å². The number of methoxy groups -OCH3 is 1. The number of nitrogens with zero attached hydrogens (tertiary/aromatic N) is 3. The molecular weight excluding hydrogens is 414 g/mol. The summed E-state index contributed by atoms with van der Waals surface area (Å²) in [4.78, 5) is 11.6. The van der Waals surface area contributed by atoms with E-state index in [0.29, 0.717) is 10.7 Å². The Morgan fingerprint density at radius 2 is 1.83 bits per heavy atom. The Labute approximate surface area is 172 Å². The van der Waals surface area contributed by atoms with Gasteiger partial charge in [0.05, 0.1) is 29.6 Å². The van der Waals surface area contributed by atoms with Crippen LogP contribution in [0.2, 0.25) is 5.02 Å². The first-order chi connectivity index (χ1) is 13.9. The maximum atomic E-state index is 12.9. The number of aromatic nitrogens is 2. The molecule has 0 N–H and O–H groups in total. The second kappa shape index (κ2) is 8.31. The summed E-state index contributed by atoms with van der Waals surface area (Å²) in [5.74, 6) is -0.717. The van der Waals surface area contributed by atoms with Gasteiger partial charge in [0.2, 0.25) is 9.84 Å². The monoisotopic (exact) mass is 427 g/mol. The van der Waals surface area contributed by atoms with E-state index in [1.54, 1.807) is 48.5 Å². The predicted molar refractivity (Wildman–Crippen MR) is 107 cm³/mol. The number of sulfone groups is 1. The van der Waals surface area contributed by atoms with E-state index in [1.807, 2.05) is 0 Å². The van der Waals surface area contributed by atoms with Crippen molar-refractivity contribution in [2.24, 2.45) is 0 Å². The summed E-state index contributed by atoms with van der Waals surface area (Å²) in [5, 5.41) is 14.2. The van der Waals surface area contributed by atoms with Crippen molar-refractivity contribution < 1.29 is 17.9 Å². The van der Waals surface area contributed by atoms with E-state index in [4.69, 9.17) is 16.3 Å². The van der Waals surface area contributed by atoms with Crippen LogP contribution in [-0.4, -0.2) is 31.3 Å². The Balaban J connectivity index is 2.22. The van der Waals surface area contributed by atoms with Crippen LogP contribution >= 0.6 is 11.6 Å². The normalized spacial score (nSPS) is 11.7. The number of rotatable bonds is 5. The summed E-state index contributed by atoms with van der Waals surface area (Å²) in [5.41, 5.74) is 0.624. The molecule has 3 aromatic rings. The highest BCUT2D eigenvalue weighted by atomic mass is 35.5. The van der Waals surface area contributed by atoms with Gasteiger partial charge in [-0.25, -0.2) is 17.9 Å². The van der Waals surface area contributed by atoms with Crippen molar-refractivity contribution in [3.63, 3.8) is 0 Å². The smallest absolute Gasteiger partial charge is 0.341 e. The zero-order valence-electron chi connectivity index (χ0n) is 15.1. The van der Waals surface area contributed by atoms with Crippen molar-refractivity contribution in [2.75, 3.05) is 7.11 Å². The van der Waals surface area contributed by atoms with Crippen molar-refractivity contribution in [1.29, 1.82) is 5.26 Å². The number of benzene rings is 2. The lowest BCUT2D eigenvalue weighted by atomic mass is 10.2. The van der Waals surface area contributed by atoms with E-state index < -0.39 is 20.7 Å². The number of carbonyl (C=O) groups is 1. The quantitative estimate of drug-likeness (QED) is 0.455. The molecule has 3 rings (SSSR count). The van der Waals surface area contributed by atoms with Gasteiger partial charge in [-0.2, -0.15) is 10.4 Å². The van der Waals surface area contributed by atoms with Gasteiger partial charge < -0.3 is 4.74 Å².